The van der Waals surface area contributed by atoms with Gasteiger partial charge in [0, 0.05) is 32.6 Å². The van der Waals surface area contributed by atoms with Crippen LogP contribution in [0.4, 0.5) is 4.39 Å². The van der Waals surface area contributed by atoms with Crippen molar-refractivity contribution in [3.63, 3.8) is 0 Å². The molecule has 0 amide bonds. The molecule has 0 saturated heterocycles. The summed E-state index contributed by atoms with van der Waals surface area (Å²) >= 11 is 1.68. The van der Waals surface area contributed by atoms with Crippen LogP contribution in [0.1, 0.15) is 55.1 Å². The second-order valence-corrected chi connectivity index (χ2v) is 8.22. The fourth-order valence-corrected chi connectivity index (χ4v) is 4.40. The number of halogens is 1. The smallest absolute Gasteiger partial charge is 0.191 e. The van der Waals surface area contributed by atoms with Crippen molar-refractivity contribution in [3.8, 4) is 0 Å². The van der Waals surface area contributed by atoms with E-state index in [9.17, 15) is 4.39 Å². The minimum absolute atomic E-state index is 0.175. The Labute approximate surface area is 176 Å². The maximum Gasteiger partial charge on any atom is 0.191 e. The Hall–Kier alpha value is -2.09. The summed E-state index contributed by atoms with van der Waals surface area (Å²) in [5, 5.41) is 16.5. The molecule has 1 aromatic carbocycles. The Morgan fingerprint density at radius 1 is 1.28 bits per heavy atom. The molecular weight excluding hydrogens is 387 g/mol. The Morgan fingerprint density at radius 2 is 2.07 bits per heavy atom. The van der Waals surface area contributed by atoms with Crippen LogP contribution in [0.5, 0.6) is 0 Å². The standard InChI is InChI=1S/C21H31FN6S/c1-15-13-16(10-11-18(15)22)14-25-20(23-2)24-12-6-9-19-26-27-21(29-3)28(19)17-7-4-5-8-17/h10-11,13,17H,4-9,12,14H2,1-3H3,(H2,23,24,25). The van der Waals surface area contributed by atoms with Crippen LogP contribution < -0.4 is 10.6 Å². The third-order valence-electron chi connectivity index (χ3n) is 5.38. The molecule has 158 valence electrons. The molecule has 0 aliphatic heterocycles. The molecule has 0 spiro atoms. The van der Waals surface area contributed by atoms with Crippen molar-refractivity contribution in [2.45, 2.75) is 63.2 Å². The molecule has 1 aliphatic carbocycles. The first-order chi connectivity index (χ1) is 14.1. The number of aliphatic imine (C=N–C) groups is 1. The maximum absolute atomic E-state index is 13.4. The number of rotatable bonds is 8. The van der Waals surface area contributed by atoms with E-state index in [4.69, 9.17) is 0 Å². The summed E-state index contributed by atoms with van der Waals surface area (Å²) in [6, 6.07) is 5.71. The summed E-state index contributed by atoms with van der Waals surface area (Å²) in [4.78, 5) is 4.27. The normalized spacial score (nSPS) is 15.1. The van der Waals surface area contributed by atoms with Crippen molar-refractivity contribution < 1.29 is 4.39 Å². The highest BCUT2D eigenvalue weighted by Gasteiger charge is 2.23. The van der Waals surface area contributed by atoms with Crippen LogP contribution in [0, 0.1) is 12.7 Å². The van der Waals surface area contributed by atoms with Gasteiger partial charge in [0.25, 0.3) is 0 Å². The van der Waals surface area contributed by atoms with Gasteiger partial charge in [0.15, 0.2) is 11.1 Å². The van der Waals surface area contributed by atoms with Gasteiger partial charge in [0.2, 0.25) is 0 Å². The molecular formula is C21H31FN6S. The lowest BCUT2D eigenvalue weighted by atomic mass is 10.1. The number of nitrogens with one attached hydrogen (secondary N) is 2. The largest absolute Gasteiger partial charge is 0.356 e. The minimum atomic E-state index is -0.175. The predicted molar refractivity (Wildman–Crippen MR) is 117 cm³/mol. The van der Waals surface area contributed by atoms with E-state index < -0.39 is 0 Å². The van der Waals surface area contributed by atoms with Crippen LogP contribution in [-0.4, -0.2) is 40.6 Å². The Kier molecular flexibility index (Phi) is 7.91. The Bertz CT molecular complexity index is 829. The zero-order valence-electron chi connectivity index (χ0n) is 17.5. The Balaban J connectivity index is 1.46. The van der Waals surface area contributed by atoms with Crippen molar-refractivity contribution in [2.24, 2.45) is 4.99 Å². The van der Waals surface area contributed by atoms with E-state index in [1.165, 1.54) is 31.7 Å². The quantitative estimate of drug-likeness (QED) is 0.295. The predicted octanol–water partition coefficient (Wildman–Crippen LogP) is 3.86. The maximum atomic E-state index is 13.4. The summed E-state index contributed by atoms with van der Waals surface area (Å²) in [5.41, 5.74) is 1.68. The highest BCUT2D eigenvalue weighted by molar-refractivity contribution is 7.98. The van der Waals surface area contributed by atoms with E-state index in [-0.39, 0.29) is 5.82 Å². The number of guanidine groups is 1. The van der Waals surface area contributed by atoms with Gasteiger partial charge in [-0.25, -0.2) is 4.39 Å². The third-order valence-corrected chi connectivity index (χ3v) is 6.03. The van der Waals surface area contributed by atoms with Gasteiger partial charge in [-0.1, -0.05) is 36.7 Å². The molecule has 0 bridgehead atoms. The molecule has 1 aliphatic rings. The van der Waals surface area contributed by atoms with Gasteiger partial charge in [0.05, 0.1) is 0 Å². The molecule has 0 radical (unpaired) electrons. The van der Waals surface area contributed by atoms with E-state index in [1.54, 1.807) is 31.8 Å². The van der Waals surface area contributed by atoms with Crippen LogP contribution in [0.25, 0.3) is 0 Å². The van der Waals surface area contributed by atoms with Crippen LogP contribution in [-0.2, 0) is 13.0 Å². The molecule has 8 heteroatoms. The van der Waals surface area contributed by atoms with Gasteiger partial charge < -0.3 is 15.2 Å². The molecule has 2 aromatic rings. The summed E-state index contributed by atoms with van der Waals surface area (Å²) < 4.78 is 15.8. The first-order valence-electron chi connectivity index (χ1n) is 10.3. The topological polar surface area (TPSA) is 67.1 Å². The first kappa shape index (κ1) is 21.6. The van der Waals surface area contributed by atoms with Crippen LogP contribution in [0.2, 0.25) is 0 Å². The molecule has 29 heavy (non-hydrogen) atoms. The molecule has 3 rings (SSSR count). The second-order valence-electron chi connectivity index (χ2n) is 7.45. The van der Waals surface area contributed by atoms with Gasteiger partial charge in [-0.05, 0) is 49.6 Å². The number of hydrogen-bond acceptors (Lipinski definition) is 4. The van der Waals surface area contributed by atoms with Gasteiger partial charge in [-0.15, -0.1) is 10.2 Å². The van der Waals surface area contributed by atoms with Crippen molar-refractivity contribution in [2.75, 3.05) is 19.8 Å². The average Bonchev–Trinajstić information content (AvgIpc) is 3.39. The van der Waals surface area contributed by atoms with Crippen molar-refractivity contribution in [1.82, 2.24) is 25.4 Å². The monoisotopic (exact) mass is 418 g/mol. The molecule has 1 saturated carbocycles. The SMILES string of the molecule is CN=C(NCCCc1nnc(SC)n1C1CCCC1)NCc1ccc(F)c(C)c1. The summed E-state index contributed by atoms with van der Waals surface area (Å²) in [6.45, 7) is 3.18. The van der Waals surface area contributed by atoms with E-state index >= 15 is 0 Å². The highest BCUT2D eigenvalue weighted by atomic mass is 32.2. The highest BCUT2D eigenvalue weighted by Crippen LogP contribution is 2.33. The van der Waals surface area contributed by atoms with E-state index in [0.717, 1.165) is 41.9 Å². The molecule has 2 N–H and O–H groups in total. The molecule has 1 fully saturated rings. The van der Waals surface area contributed by atoms with E-state index in [2.05, 4.69) is 36.6 Å². The molecule has 6 nitrogen and oxygen atoms in total. The van der Waals surface area contributed by atoms with Gasteiger partial charge >= 0.3 is 0 Å². The fourth-order valence-electron chi connectivity index (χ4n) is 3.82. The third kappa shape index (κ3) is 5.72. The van der Waals surface area contributed by atoms with Gasteiger partial charge in [-0.3, -0.25) is 4.99 Å². The number of hydrogen-bond donors (Lipinski definition) is 2. The summed E-state index contributed by atoms with van der Waals surface area (Å²) in [7, 11) is 1.76. The zero-order valence-corrected chi connectivity index (χ0v) is 18.4. The number of aryl methyl sites for hydroxylation is 2. The number of thioether (sulfide) groups is 1. The van der Waals surface area contributed by atoms with Gasteiger partial charge in [-0.2, -0.15) is 0 Å². The summed E-state index contributed by atoms with van der Waals surface area (Å²) in [6.07, 6.45) is 8.98. The molecule has 0 unspecified atom stereocenters. The van der Waals surface area contributed by atoms with Crippen molar-refractivity contribution >= 4 is 17.7 Å². The summed E-state index contributed by atoms with van der Waals surface area (Å²) in [5.74, 6) is 1.66. The van der Waals surface area contributed by atoms with E-state index in [1.807, 2.05) is 6.07 Å². The number of aromatic nitrogens is 3. The lowest BCUT2D eigenvalue weighted by Gasteiger charge is -2.16. The first-order valence-corrected chi connectivity index (χ1v) is 11.5. The number of benzene rings is 1. The fraction of sp³-hybridized carbons (Fsp3) is 0.571. The van der Waals surface area contributed by atoms with Crippen LogP contribution in [0.15, 0.2) is 28.3 Å². The molecule has 1 aromatic heterocycles. The van der Waals surface area contributed by atoms with Crippen molar-refractivity contribution in [3.05, 3.63) is 41.0 Å². The average molecular weight is 419 g/mol. The Morgan fingerprint density at radius 3 is 2.76 bits per heavy atom. The minimum Gasteiger partial charge on any atom is -0.356 e. The van der Waals surface area contributed by atoms with Crippen LogP contribution in [0.3, 0.4) is 0 Å². The van der Waals surface area contributed by atoms with Crippen LogP contribution >= 0.6 is 11.8 Å². The second kappa shape index (κ2) is 10.6. The molecule has 0 atom stereocenters. The van der Waals surface area contributed by atoms with Crippen molar-refractivity contribution in [1.29, 1.82) is 0 Å². The van der Waals surface area contributed by atoms with Gasteiger partial charge in [0.1, 0.15) is 11.6 Å². The molecule has 1 heterocycles. The van der Waals surface area contributed by atoms with E-state index in [0.29, 0.717) is 18.2 Å². The number of nitrogens with zero attached hydrogens (tertiary/aromatic N) is 4. The zero-order chi connectivity index (χ0) is 20.6. The lowest BCUT2D eigenvalue weighted by molar-refractivity contribution is 0.460. The lowest BCUT2D eigenvalue weighted by Crippen LogP contribution is -2.37.